The van der Waals surface area contributed by atoms with E-state index in [4.69, 9.17) is 0 Å². The molecular formula is C13H17F2N. The maximum Gasteiger partial charge on any atom is 0.163 e. The predicted octanol–water partition coefficient (Wildman–Crippen LogP) is 3.13. The van der Waals surface area contributed by atoms with Crippen molar-refractivity contribution in [2.24, 2.45) is 0 Å². The Hall–Kier alpha value is -0.960. The third-order valence-corrected chi connectivity index (χ3v) is 3.46. The van der Waals surface area contributed by atoms with Gasteiger partial charge >= 0.3 is 0 Å². The van der Waals surface area contributed by atoms with Gasteiger partial charge in [0.15, 0.2) is 11.6 Å². The molecule has 1 unspecified atom stereocenters. The van der Waals surface area contributed by atoms with E-state index < -0.39 is 17.2 Å². The lowest BCUT2D eigenvalue weighted by Gasteiger charge is -2.26. The summed E-state index contributed by atoms with van der Waals surface area (Å²) in [5.41, 5.74) is 0.918. The van der Waals surface area contributed by atoms with Crippen LogP contribution in [0.15, 0.2) is 12.1 Å². The minimum absolute atomic E-state index is 0.407. The molecule has 1 aliphatic heterocycles. The number of hydrogen-bond donors (Lipinski definition) is 1. The van der Waals surface area contributed by atoms with E-state index in [0.717, 1.165) is 31.4 Å². The molecule has 1 N–H and O–H groups in total. The van der Waals surface area contributed by atoms with Crippen LogP contribution in [0.5, 0.6) is 0 Å². The van der Waals surface area contributed by atoms with E-state index in [1.165, 1.54) is 6.07 Å². The fourth-order valence-electron chi connectivity index (χ4n) is 2.38. The van der Waals surface area contributed by atoms with Crippen molar-refractivity contribution in [3.8, 4) is 0 Å². The van der Waals surface area contributed by atoms with Gasteiger partial charge in [0.25, 0.3) is 0 Å². The minimum Gasteiger partial charge on any atom is -0.308 e. The summed E-state index contributed by atoms with van der Waals surface area (Å²) in [6.45, 7) is 4.76. The first-order chi connectivity index (χ1) is 7.57. The van der Waals surface area contributed by atoms with Crippen LogP contribution in [0, 0.1) is 11.6 Å². The molecule has 2 rings (SSSR count). The lowest BCUT2D eigenvalue weighted by molar-refractivity contribution is 0.394. The number of aryl methyl sites for hydroxylation is 1. The molecule has 1 aromatic rings. The Morgan fingerprint density at radius 3 is 2.69 bits per heavy atom. The third-order valence-electron chi connectivity index (χ3n) is 3.46. The van der Waals surface area contributed by atoms with Crippen molar-refractivity contribution in [3.63, 3.8) is 0 Å². The fraction of sp³-hybridized carbons (Fsp3) is 0.538. The van der Waals surface area contributed by atoms with Gasteiger partial charge in [-0.05, 0) is 44.4 Å². The maximum atomic E-state index is 13.8. The molecule has 0 spiro atoms. The number of rotatable bonds is 2. The molecule has 1 nitrogen and oxygen atoms in total. The summed E-state index contributed by atoms with van der Waals surface area (Å²) in [5, 5.41) is 3.26. The second-order valence-electron chi connectivity index (χ2n) is 4.66. The van der Waals surface area contributed by atoms with Gasteiger partial charge in [-0.3, -0.25) is 0 Å². The van der Waals surface area contributed by atoms with Crippen LogP contribution in [-0.4, -0.2) is 6.54 Å². The maximum absolute atomic E-state index is 13.8. The fourth-order valence-corrected chi connectivity index (χ4v) is 2.38. The van der Waals surface area contributed by atoms with Crippen LogP contribution in [0.1, 0.15) is 37.8 Å². The van der Waals surface area contributed by atoms with Gasteiger partial charge in [-0.15, -0.1) is 0 Å². The van der Waals surface area contributed by atoms with Crippen molar-refractivity contribution in [2.75, 3.05) is 6.54 Å². The van der Waals surface area contributed by atoms with E-state index >= 15 is 0 Å². The Morgan fingerprint density at radius 2 is 2.12 bits per heavy atom. The average Bonchev–Trinajstić information content (AvgIpc) is 2.70. The molecule has 0 aliphatic carbocycles. The first kappa shape index (κ1) is 11.5. The molecule has 1 saturated heterocycles. The van der Waals surface area contributed by atoms with Gasteiger partial charge in [-0.1, -0.05) is 13.0 Å². The quantitative estimate of drug-likeness (QED) is 0.815. The zero-order valence-electron chi connectivity index (χ0n) is 9.74. The van der Waals surface area contributed by atoms with E-state index in [1.807, 2.05) is 13.8 Å². The Morgan fingerprint density at radius 1 is 1.38 bits per heavy atom. The van der Waals surface area contributed by atoms with E-state index in [-0.39, 0.29) is 0 Å². The first-order valence-electron chi connectivity index (χ1n) is 5.80. The summed E-state index contributed by atoms with van der Waals surface area (Å²) in [6, 6.07) is 3.08. The lowest BCUT2D eigenvalue weighted by Crippen LogP contribution is -2.34. The minimum atomic E-state index is -0.732. The molecule has 0 bridgehead atoms. The highest BCUT2D eigenvalue weighted by atomic mass is 19.2. The normalized spacial score (nSPS) is 25.0. The zero-order valence-corrected chi connectivity index (χ0v) is 9.74. The van der Waals surface area contributed by atoms with Crippen molar-refractivity contribution in [1.29, 1.82) is 0 Å². The smallest absolute Gasteiger partial charge is 0.163 e. The van der Waals surface area contributed by atoms with E-state index in [2.05, 4.69) is 5.32 Å². The molecule has 0 radical (unpaired) electrons. The number of hydrogen-bond acceptors (Lipinski definition) is 1. The van der Waals surface area contributed by atoms with Crippen LogP contribution in [0.2, 0.25) is 0 Å². The van der Waals surface area contributed by atoms with Crippen molar-refractivity contribution < 1.29 is 8.78 Å². The van der Waals surface area contributed by atoms with Crippen LogP contribution >= 0.6 is 0 Å². The van der Waals surface area contributed by atoms with Gasteiger partial charge in [0.2, 0.25) is 0 Å². The van der Waals surface area contributed by atoms with Gasteiger partial charge in [-0.25, -0.2) is 8.78 Å². The Balaban J connectivity index is 2.50. The standard InChI is InChI=1S/C13H17F2N/c1-3-9-7-10(12(15)11(14)8-9)13(2)5-4-6-16-13/h7-8,16H,3-6H2,1-2H3. The largest absolute Gasteiger partial charge is 0.308 e. The molecule has 88 valence electrons. The molecule has 0 amide bonds. The van der Waals surface area contributed by atoms with E-state index in [1.54, 1.807) is 6.07 Å². The molecule has 1 fully saturated rings. The lowest BCUT2D eigenvalue weighted by atomic mass is 9.88. The van der Waals surface area contributed by atoms with Crippen molar-refractivity contribution in [3.05, 3.63) is 34.9 Å². The molecule has 1 heterocycles. The second-order valence-corrected chi connectivity index (χ2v) is 4.66. The number of halogens is 2. The van der Waals surface area contributed by atoms with Crippen LogP contribution < -0.4 is 5.32 Å². The third kappa shape index (κ3) is 1.84. The first-order valence-corrected chi connectivity index (χ1v) is 5.80. The van der Waals surface area contributed by atoms with Crippen LogP contribution in [0.25, 0.3) is 0 Å². The number of benzene rings is 1. The van der Waals surface area contributed by atoms with Crippen molar-refractivity contribution >= 4 is 0 Å². The highest BCUT2D eigenvalue weighted by Crippen LogP contribution is 2.33. The zero-order chi connectivity index (χ0) is 11.8. The van der Waals surface area contributed by atoms with Crippen LogP contribution in [0.3, 0.4) is 0 Å². The molecule has 0 aromatic heterocycles. The monoisotopic (exact) mass is 225 g/mol. The second kappa shape index (κ2) is 4.13. The van der Waals surface area contributed by atoms with Crippen molar-refractivity contribution in [2.45, 2.75) is 38.6 Å². The molecule has 16 heavy (non-hydrogen) atoms. The van der Waals surface area contributed by atoms with Gasteiger partial charge in [-0.2, -0.15) is 0 Å². The van der Waals surface area contributed by atoms with Gasteiger partial charge < -0.3 is 5.32 Å². The average molecular weight is 225 g/mol. The van der Waals surface area contributed by atoms with E-state index in [0.29, 0.717) is 5.56 Å². The van der Waals surface area contributed by atoms with Gasteiger partial charge in [0.1, 0.15) is 0 Å². The Kier molecular flexibility index (Phi) is 2.98. The summed E-state index contributed by atoms with van der Waals surface area (Å²) in [6.07, 6.45) is 2.59. The molecular weight excluding hydrogens is 208 g/mol. The molecule has 3 heteroatoms. The SMILES string of the molecule is CCc1cc(F)c(F)c(C2(C)CCCN2)c1. The molecule has 1 aromatic carbocycles. The number of nitrogens with one attached hydrogen (secondary N) is 1. The highest BCUT2D eigenvalue weighted by Gasteiger charge is 2.33. The summed E-state index contributed by atoms with van der Waals surface area (Å²) >= 11 is 0. The molecule has 1 aliphatic rings. The van der Waals surface area contributed by atoms with Crippen LogP contribution in [-0.2, 0) is 12.0 Å². The highest BCUT2D eigenvalue weighted by molar-refractivity contribution is 5.32. The Labute approximate surface area is 94.9 Å². The summed E-state index contributed by atoms with van der Waals surface area (Å²) in [7, 11) is 0. The molecule has 0 saturated carbocycles. The molecule has 1 atom stereocenters. The summed E-state index contributed by atoms with van der Waals surface area (Å²) in [4.78, 5) is 0. The van der Waals surface area contributed by atoms with Gasteiger partial charge in [0, 0.05) is 11.1 Å². The van der Waals surface area contributed by atoms with Crippen LogP contribution in [0.4, 0.5) is 8.78 Å². The van der Waals surface area contributed by atoms with Gasteiger partial charge in [0.05, 0.1) is 0 Å². The van der Waals surface area contributed by atoms with E-state index in [9.17, 15) is 8.78 Å². The predicted molar refractivity (Wildman–Crippen MR) is 60.3 cm³/mol. The van der Waals surface area contributed by atoms with Crippen molar-refractivity contribution in [1.82, 2.24) is 5.32 Å². The summed E-state index contributed by atoms with van der Waals surface area (Å²) < 4.78 is 27.2. The summed E-state index contributed by atoms with van der Waals surface area (Å²) in [5.74, 6) is -1.43. The topological polar surface area (TPSA) is 12.0 Å². The Bertz CT molecular complexity index is 395.